The molecule has 0 bridgehead atoms. The van der Waals surface area contributed by atoms with E-state index in [0.717, 1.165) is 4.88 Å². The highest BCUT2D eigenvalue weighted by molar-refractivity contribution is 7.10. The lowest BCUT2D eigenvalue weighted by Crippen LogP contribution is -2.05. The van der Waals surface area contributed by atoms with Gasteiger partial charge in [0.2, 0.25) is 5.90 Å². The van der Waals surface area contributed by atoms with Crippen LogP contribution >= 0.6 is 34.5 Å². The summed E-state index contributed by atoms with van der Waals surface area (Å²) in [5, 5.41) is 2.83. The fourth-order valence-corrected chi connectivity index (χ4v) is 2.84. The van der Waals surface area contributed by atoms with E-state index in [-0.39, 0.29) is 11.6 Å². The molecule has 100 valence electrons. The molecule has 6 heteroatoms. The summed E-state index contributed by atoms with van der Waals surface area (Å²) in [6.45, 7) is 0. The Morgan fingerprint density at radius 2 is 2.10 bits per heavy atom. The second kappa shape index (κ2) is 5.40. The lowest BCUT2D eigenvalue weighted by atomic mass is 10.2. The quantitative estimate of drug-likeness (QED) is 0.607. The van der Waals surface area contributed by atoms with Gasteiger partial charge in [-0.15, -0.1) is 11.3 Å². The van der Waals surface area contributed by atoms with E-state index in [1.807, 2.05) is 17.5 Å². The Hall–Kier alpha value is -1.62. The molecular formula is C14H7Cl2NO2S. The summed E-state index contributed by atoms with van der Waals surface area (Å²) in [6, 6.07) is 8.71. The van der Waals surface area contributed by atoms with Crippen molar-refractivity contribution >= 4 is 52.5 Å². The smallest absolute Gasteiger partial charge is 0.363 e. The highest BCUT2D eigenvalue weighted by Gasteiger charge is 2.25. The van der Waals surface area contributed by atoms with E-state index in [4.69, 9.17) is 27.9 Å². The first-order valence-electron chi connectivity index (χ1n) is 5.65. The van der Waals surface area contributed by atoms with Crippen molar-refractivity contribution < 1.29 is 9.53 Å². The van der Waals surface area contributed by atoms with Gasteiger partial charge in [-0.05, 0) is 35.7 Å². The zero-order valence-corrected chi connectivity index (χ0v) is 12.3. The van der Waals surface area contributed by atoms with Crippen LogP contribution in [0.15, 0.2) is 46.4 Å². The lowest BCUT2D eigenvalue weighted by molar-refractivity contribution is -0.129. The predicted octanol–water partition coefficient (Wildman–Crippen LogP) is 4.40. The first-order valence-corrected chi connectivity index (χ1v) is 7.28. The van der Waals surface area contributed by atoms with Gasteiger partial charge >= 0.3 is 5.97 Å². The molecule has 1 aromatic heterocycles. The zero-order chi connectivity index (χ0) is 14.1. The highest BCUT2D eigenvalue weighted by Crippen LogP contribution is 2.26. The van der Waals surface area contributed by atoms with Crippen LogP contribution in [0.2, 0.25) is 10.0 Å². The molecule has 0 amide bonds. The van der Waals surface area contributed by atoms with E-state index in [0.29, 0.717) is 15.6 Å². The summed E-state index contributed by atoms with van der Waals surface area (Å²) in [5.41, 5.74) is 0.799. The fourth-order valence-electron chi connectivity index (χ4n) is 1.70. The fraction of sp³-hybridized carbons (Fsp3) is 0. The van der Waals surface area contributed by atoms with Crippen molar-refractivity contribution in [2.45, 2.75) is 0 Å². The summed E-state index contributed by atoms with van der Waals surface area (Å²) in [4.78, 5) is 16.9. The minimum Gasteiger partial charge on any atom is -0.402 e. The van der Waals surface area contributed by atoms with E-state index < -0.39 is 5.97 Å². The Balaban J connectivity index is 1.98. The number of esters is 1. The van der Waals surface area contributed by atoms with Gasteiger partial charge in [0.05, 0.1) is 10.6 Å². The van der Waals surface area contributed by atoms with Gasteiger partial charge in [-0.3, -0.25) is 0 Å². The molecule has 1 aliphatic rings. The van der Waals surface area contributed by atoms with Crippen molar-refractivity contribution in [3.05, 3.63) is 61.9 Å². The van der Waals surface area contributed by atoms with Gasteiger partial charge < -0.3 is 4.74 Å². The van der Waals surface area contributed by atoms with Crippen molar-refractivity contribution in [3.63, 3.8) is 0 Å². The third kappa shape index (κ3) is 2.63. The Morgan fingerprint density at radius 3 is 2.80 bits per heavy atom. The van der Waals surface area contributed by atoms with Crippen molar-refractivity contribution in [2.75, 3.05) is 0 Å². The largest absolute Gasteiger partial charge is 0.402 e. The molecule has 3 nitrogen and oxygen atoms in total. The van der Waals surface area contributed by atoms with Crippen molar-refractivity contribution in [3.8, 4) is 0 Å². The molecule has 0 fully saturated rings. The number of ether oxygens (including phenoxy) is 1. The number of carbonyl (C=O) groups excluding carboxylic acids is 1. The Labute approximate surface area is 129 Å². The average Bonchev–Trinajstić information content (AvgIpc) is 3.01. The maximum atomic E-state index is 11.8. The molecule has 2 heterocycles. The van der Waals surface area contributed by atoms with Gasteiger partial charge in [-0.2, -0.15) is 0 Å². The monoisotopic (exact) mass is 323 g/mol. The molecule has 1 aliphatic heterocycles. The molecule has 0 unspecified atom stereocenters. The maximum Gasteiger partial charge on any atom is 0.363 e. The van der Waals surface area contributed by atoms with E-state index in [2.05, 4.69) is 4.99 Å². The Bertz CT molecular complexity index is 736. The topological polar surface area (TPSA) is 38.7 Å². The summed E-state index contributed by atoms with van der Waals surface area (Å²) in [5.74, 6) is -0.293. The van der Waals surface area contributed by atoms with Crippen molar-refractivity contribution in [1.82, 2.24) is 0 Å². The van der Waals surface area contributed by atoms with Crippen LogP contribution < -0.4 is 0 Å². The van der Waals surface area contributed by atoms with Crippen LogP contribution in [-0.4, -0.2) is 11.9 Å². The third-order valence-electron chi connectivity index (χ3n) is 2.60. The highest BCUT2D eigenvalue weighted by atomic mass is 35.5. The number of thiophene rings is 1. The second-order valence-electron chi connectivity index (χ2n) is 3.98. The van der Waals surface area contributed by atoms with E-state index >= 15 is 0 Å². The second-order valence-corrected chi connectivity index (χ2v) is 5.80. The molecule has 0 atom stereocenters. The number of hydrogen-bond donors (Lipinski definition) is 0. The van der Waals surface area contributed by atoms with E-state index in [1.165, 1.54) is 11.3 Å². The van der Waals surface area contributed by atoms with E-state index in [9.17, 15) is 4.79 Å². The van der Waals surface area contributed by atoms with E-state index in [1.54, 1.807) is 24.3 Å². The Kier molecular flexibility index (Phi) is 3.61. The summed E-state index contributed by atoms with van der Waals surface area (Å²) in [6.07, 6.45) is 1.68. The number of benzene rings is 1. The van der Waals surface area contributed by atoms with Gasteiger partial charge in [-0.1, -0.05) is 29.3 Å². The van der Waals surface area contributed by atoms with Crippen LogP contribution in [0, 0.1) is 0 Å². The van der Waals surface area contributed by atoms with Gasteiger partial charge in [0.25, 0.3) is 0 Å². The lowest BCUT2D eigenvalue weighted by Gasteiger charge is -2.02. The number of halogens is 2. The van der Waals surface area contributed by atoms with Crippen LogP contribution in [0.5, 0.6) is 0 Å². The number of carbonyl (C=O) groups is 1. The normalized spacial score (nSPS) is 16.4. The molecule has 0 spiro atoms. The minimum absolute atomic E-state index is 0.194. The minimum atomic E-state index is -0.487. The maximum absolute atomic E-state index is 11.8. The molecule has 3 rings (SSSR count). The van der Waals surface area contributed by atoms with Gasteiger partial charge in [-0.25, -0.2) is 9.79 Å². The van der Waals surface area contributed by atoms with Crippen LogP contribution in [0.1, 0.15) is 10.4 Å². The molecule has 0 radical (unpaired) electrons. The Morgan fingerprint density at radius 1 is 1.25 bits per heavy atom. The van der Waals surface area contributed by atoms with Crippen molar-refractivity contribution in [2.24, 2.45) is 4.99 Å². The third-order valence-corrected chi connectivity index (χ3v) is 3.97. The summed E-state index contributed by atoms with van der Waals surface area (Å²) < 4.78 is 5.15. The van der Waals surface area contributed by atoms with Gasteiger partial charge in [0, 0.05) is 9.90 Å². The van der Waals surface area contributed by atoms with Gasteiger partial charge in [0.1, 0.15) is 0 Å². The molecule has 1 aromatic carbocycles. The number of hydrogen-bond acceptors (Lipinski definition) is 4. The molecule has 20 heavy (non-hydrogen) atoms. The zero-order valence-electron chi connectivity index (χ0n) is 9.97. The number of nitrogens with zero attached hydrogens (tertiary/aromatic N) is 1. The molecular weight excluding hydrogens is 317 g/mol. The average molecular weight is 324 g/mol. The van der Waals surface area contributed by atoms with Crippen molar-refractivity contribution in [1.29, 1.82) is 0 Å². The molecule has 0 aliphatic carbocycles. The first kappa shape index (κ1) is 13.4. The van der Waals surface area contributed by atoms with Crippen LogP contribution in [0.3, 0.4) is 0 Å². The van der Waals surface area contributed by atoms with Crippen LogP contribution in [0.25, 0.3) is 6.08 Å². The number of rotatable bonds is 2. The first-order chi connectivity index (χ1) is 9.63. The molecule has 0 saturated heterocycles. The number of cyclic esters (lactones) is 1. The summed E-state index contributed by atoms with van der Waals surface area (Å²) >= 11 is 13.4. The number of aliphatic imine (C=N–C) groups is 1. The molecule has 0 saturated carbocycles. The van der Waals surface area contributed by atoms with Crippen LogP contribution in [0.4, 0.5) is 0 Å². The summed E-state index contributed by atoms with van der Waals surface area (Å²) in [7, 11) is 0. The predicted molar refractivity (Wildman–Crippen MR) is 81.4 cm³/mol. The standard InChI is InChI=1S/C14H7Cl2NO2S/c15-8-3-4-10(11(16)6-8)13-17-12(14(18)19-13)7-9-2-1-5-20-9/h1-7H. The van der Waals surface area contributed by atoms with Crippen LogP contribution in [-0.2, 0) is 9.53 Å². The molecule has 0 N–H and O–H groups in total. The van der Waals surface area contributed by atoms with Gasteiger partial charge in [0.15, 0.2) is 5.70 Å². The SMILES string of the molecule is O=C1OC(c2ccc(Cl)cc2Cl)=NC1=Cc1cccs1. The molecule has 2 aromatic rings.